The Labute approximate surface area is 105 Å². The first-order valence-corrected chi connectivity index (χ1v) is 6.89. The van der Waals surface area contributed by atoms with Crippen LogP contribution in [0.15, 0.2) is 11.6 Å². The van der Waals surface area contributed by atoms with E-state index < -0.39 is 0 Å². The summed E-state index contributed by atoms with van der Waals surface area (Å²) < 4.78 is 5.29. The predicted molar refractivity (Wildman–Crippen MR) is 70.7 cm³/mol. The summed E-state index contributed by atoms with van der Waals surface area (Å²) in [6, 6.07) is 0. The number of hydrogen-bond donors (Lipinski definition) is 0. The third kappa shape index (κ3) is 5.90. The monoisotopic (exact) mass is 238 g/mol. The number of carbonyl (C=O) groups excluding carboxylic acids is 1. The maximum atomic E-state index is 11.5. The van der Waals surface area contributed by atoms with Gasteiger partial charge in [0.2, 0.25) is 0 Å². The first-order chi connectivity index (χ1) is 8.09. The highest BCUT2D eigenvalue weighted by atomic mass is 16.5. The van der Waals surface area contributed by atoms with E-state index in [1.54, 1.807) is 0 Å². The lowest BCUT2D eigenvalue weighted by Gasteiger charge is -2.23. The molecule has 0 N–H and O–H groups in total. The highest BCUT2D eigenvalue weighted by molar-refractivity contribution is 5.73. The van der Waals surface area contributed by atoms with Crippen LogP contribution in [-0.2, 0) is 9.53 Å². The zero-order chi connectivity index (χ0) is 12.7. The van der Waals surface area contributed by atoms with Gasteiger partial charge < -0.3 is 4.74 Å². The molecule has 0 aromatic heterocycles. The lowest BCUT2D eigenvalue weighted by Crippen LogP contribution is -2.24. The van der Waals surface area contributed by atoms with Gasteiger partial charge in [-0.15, -0.1) is 0 Å². The minimum Gasteiger partial charge on any atom is -0.465 e. The SMILES string of the molecule is CC(C)=CCCC(C)CCOC(=O)C1CCC1. The fourth-order valence-corrected chi connectivity index (χ4v) is 1.92. The summed E-state index contributed by atoms with van der Waals surface area (Å²) in [7, 11) is 0. The molecule has 0 aromatic rings. The topological polar surface area (TPSA) is 26.3 Å². The van der Waals surface area contributed by atoms with Crippen molar-refractivity contribution in [3.63, 3.8) is 0 Å². The molecule has 0 bridgehead atoms. The van der Waals surface area contributed by atoms with Crippen LogP contribution in [-0.4, -0.2) is 12.6 Å². The summed E-state index contributed by atoms with van der Waals surface area (Å²) in [6.45, 7) is 7.09. The smallest absolute Gasteiger partial charge is 0.308 e. The van der Waals surface area contributed by atoms with Crippen molar-refractivity contribution in [2.75, 3.05) is 6.61 Å². The van der Waals surface area contributed by atoms with Crippen LogP contribution in [0, 0.1) is 11.8 Å². The van der Waals surface area contributed by atoms with Crippen molar-refractivity contribution in [1.29, 1.82) is 0 Å². The van der Waals surface area contributed by atoms with Gasteiger partial charge in [-0.1, -0.05) is 25.0 Å². The fourth-order valence-electron chi connectivity index (χ4n) is 1.92. The molecule has 0 aromatic carbocycles. The second kappa shape index (κ2) is 7.52. The minimum atomic E-state index is 0.0350. The normalized spacial score (nSPS) is 17.1. The largest absolute Gasteiger partial charge is 0.465 e. The molecule has 0 aliphatic heterocycles. The molecule has 2 nitrogen and oxygen atoms in total. The average molecular weight is 238 g/mol. The number of esters is 1. The number of ether oxygens (including phenoxy) is 1. The number of carbonyl (C=O) groups is 1. The summed E-state index contributed by atoms with van der Waals surface area (Å²) in [6.07, 6.45) is 8.86. The van der Waals surface area contributed by atoms with Gasteiger partial charge in [0.05, 0.1) is 12.5 Å². The number of rotatable bonds is 7. The lowest BCUT2D eigenvalue weighted by molar-refractivity contribution is -0.151. The van der Waals surface area contributed by atoms with Gasteiger partial charge in [-0.3, -0.25) is 4.79 Å². The van der Waals surface area contributed by atoms with E-state index in [9.17, 15) is 4.79 Å². The quantitative estimate of drug-likeness (QED) is 0.493. The van der Waals surface area contributed by atoms with E-state index >= 15 is 0 Å². The minimum absolute atomic E-state index is 0.0350. The van der Waals surface area contributed by atoms with E-state index in [4.69, 9.17) is 4.74 Å². The van der Waals surface area contributed by atoms with Crippen molar-refractivity contribution in [3.8, 4) is 0 Å². The van der Waals surface area contributed by atoms with Crippen LogP contribution < -0.4 is 0 Å². The van der Waals surface area contributed by atoms with Gasteiger partial charge >= 0.3 is 5.97 Å². The van der Waals surface area contributed by atoms with Crippen molar-refractivity contribution in [2.45, 2.75) is 59.3 Å². The van der Waals surface area contributed by atoms with Crippen LogP contribution in [0.25, 0.3) is 0 Å². The molecule has 1 aliphatic carbocycles. The predicted octanol–water partition coefficient (Wildman–Crippen LogP) is 4.10. The third-order valence-electron chi connectivity index (χ3n) is 3.51. The first kappa shape index (κ1) is 14.3. The molecule has 98 valence electrons. The molecule has 1 unspecified atom stereocenters. The summed E-state index contributed by atoms with van der Waals surface area (Å²) in [5.41, 5.74) is 1.38. The highest BCUT2D eigenvalue weighted by Gasteiger charge is 2.26. The van der Waals surface area contributed by atoms with E-state index in [1.165, 1.54) is 18.4 Å². The maximum Gasteiger partial charge on any atom is 0.308 e. The van der Waals surface area contributed by atoms with Crippen LogP contribution in [0.2, 0.25) is 0 Å². The number of hydrogen-bond acceptors (Lipinski definition) is 2. The molecule has 0 heterocycles. The molecule has 1 fully saturated rings. The van der Waals surface area contributed by atoms with Gasteiger partial charge in [-0.2, -0.15) is 0 Å². The van der Waals surface area contributed by atoms with Gasteiger partial charge in [0, 0.05) is 0 Å². The summed E-state index contributed by atoms with van der Waals surface area (Å²) in [5, 5.41) is 0. The molecule has 1 saturated carbocycles. The van der Waals surface area contributed by atoms with Crippen molar-refractivity contribution >= 4 is 5.97 Å². The Hall–Kier alpha value is -0.790. The van der Waals surface area contributed by atoms with Crippen molar-refractivity contribution < 1.29 is 9.53 Å². The second-order valence-electron chi connectivity index (χ2n) is 5.55. The van der Waals surface area contributed by atoms with Crippen LogP contribution in [0.4, 0.5) is 0 Å². The number of allylic oxidation sites excluding steroid dienone is 2. The van der Waals surface area contributed by atoms with Gasteiger partial charge in [-0.05, 0) is 51.9 Å². The van der Waals surface area contributed by atoms with E-state index in [0.29, 0.717) is 12.5 Å². The molecule has 0 saturated heterocycles. The molecule has 0 spiro atoms. The van der Waals surface area contributed by atoms with Crippen molar-refractivity contribution in [2.24, 2.45) is 11.8 Å². The Balaban J connectivity index is 2.01. The molecular weight excluding hydrogens is 212 g/mol. The lowest BCUT2D eigenvalue weighted by atomic mass is 9.86. The standard InChI is InChI=1S/C15H26O2/c1-12(2)6-4-7-13(3)10-11-17-15(16)14-8-5-9-14/h6,13-14H,4-5,7-11H2,1-3H3. The molecule has 0 amide bonds. The molecule has 1 atom stereocenters. The second-order valence-corrected chi connectivity index (χ2v) is 5.55. The highest BCUT2D eigenvalue weighted by Crippen LogP contribution is 2.27. The summed E-state index contributed by atoms with van der Waals surface area (Å²) in [5.74, 6) is 0.892. The average Bonchev–Trinajstić information content (AvgIpc) is 2.14. The van der Waals surface area contributed by atoms with Gasteiger partial charge in [0.25, 0.3) is 0 Å². The van der Waals surface area contributed by atoms with Crippen LogP contribution >= 0.6 is 0 Å². The molecule has 1 rings (SSSR count). The van der Waals surface area contributed by atoms with Crippen molar-refractivity contribution in [3.05, 3.63) is 11.6 Å². The first-order valence-electron chi connectivity index (χ1n) is 6.89. The Morgan fingerprint density at radius 2 is 2.06 bits per heavy atom. The molecular formula is C15H26O2. The van der Waals surface area contributed by atoms with Crippen LogP contribution in [0.3, 0.4) is 0 Å². The van der Waals surface area contributed by atoms with Gasteiger partial charge in [0.15, 0.2) is 0 Å². The van der Waals surface area contributed by atoms with Gasteiger partial charge in [0.1, 0.15) is 0 Å². The molecule has 1 aliphatic rings. The van der Waals surface area contributed by atoms with Crippen LogP contribution in [0.1, 0.15) is 59.3 Å². The van der Waals surface area contributed by atoms with E-state index in [0.717, 1.165) is 25.7 Å². The van der Waals surface area contributed by atoms with E-state index in [-0.39, 0.29) is 11.9 Å². The van der Waals surface area contributed by atoms with Crippen LogP contribution in [0.5, 0.6) is 0 Å². The van der Waals surface area contributed by atoms with Gasteiger partial charge in [-0.25, -0.2) is 0 Å². The zero-order valence-corrected chi connectivity index (χ0v) is 11.5. The molecule has 2 heteroatoms. The molecule has 17 heavy (non-hydrogen) atoms. The fraction of sp³-hybridized carbons (Fsp3) is 0.800. The summed E-state index contributed by atoms with van der Waals surface area (Å²) in [4.78, 5) is 11.5. The summed E-state index contributed by atoms with van der Waals surface area (Å²) >= 11 is 0. The van der Waals surface area contributed by atoms with Crippen molar-refractivity contribution in [1.82, 2.24) is 0 Å². The zero-order valence-electron chi connectivity index (χ0n) is 11.5. The Morgan fingerprint density at radius 1 is 1.35 bits per heavy atom. The Kier molecular flexibility index (Phi) is 6.31. The Bertz CT molecular complexity index is 260. The maximum absolute atomic E-state index is 11.5. The van der Waals surface area contributed by atoms with E-state index in [2.05, 4.69) is 26.8 Å². The third-order valence-corrected chi connectivity index (χ3v) is 3.51. The Morgan fingerprint density at radius 3 is 2.59 bits per heavy atom. The molecule has 0 radical (unpaired) electrons. The van der Waals surface area contributed by atoms with E-state index in [1.807, 2.05) is 0 Å².